The molecule has 0 aromatic heterocycles. The third-order valence-electron chi connectivity index (χ3n) is 2.27. The summed E-state index contributed by atoms with van der Waals surface area (Å²) in [6.45, 7) is 6.26. The zero-order valence-electron chi connectivity index (χ0n) is 11.4. The van der Waals surface area contributed by atoms with Crippen LogP contribution >= 0.6 is 0 Å². The maximum absolute atomic E-state index is 12.9. The molecule has 0 fully saturated rings. The third-order valence-corrected chi connectivity index (χ3v) is 2.27. The van der Waals surface area contributed by atoms with Crippen molar-refractivity contribution < 1.29 is 13.9 Å². The van der Waals surface area contributed by atoms with Crippen molar-refractivity contribution in [2.45, 2.75) is 13.8 Å². The largest absolute Gasteiger partial charge is 0.380 e. The molecule has 0 aliphatic rings. The summed E-state index contributed by atoms with van der Waals surface area (Å²) in [5.41, 5.74) is 0.461. The molecule has 4 nitrogen and oxygen atoms in total. The first-order chi connectivity index (χ1) is 9.08. The number of ether oxygens (including phenoxy) is 1. The van der Waals surface area contributed by atoms with E-state index in [2.05, 4.69) is 24.5 Å². The van der Waals surface area contributed by atoms with Crippen LogP contribution in [0.25, 0.3) is 0 Å². The molecule has 0 bridgehead atoms. The van der Waals surface area contributed by atoms with E-state index in [1.807, 2.05) is 0 Å². The number of hydrogen-bond acceptors (Lipinski definition) is 3. The average molecular weight is 268 g/mol. The Morgan fingerprint density at radius 2 is 2.21 bits per heavy atom. The first-order valence-electron chi connectivity index (χ1n) is 6.42. The molecule has 0 aliphatic heterocycles. The molecular weight excluding hydrogens is 247 g/mol. The van der Waals surface area contributed by atoms with Crippen molar-refractivity contribution in [2.24, 2.45) is 5.92 Å². The lowest BCUT2D eigenvalue weighted by atomic mass is 10.2. The van der Waals surface area contributed by atoms with Crippen LogP contribution in [0.15, 0.2) is 24.3 Å². The molecule has 19 heavy (non-hydrogen) atoms. The summed E-state index contributed by atoms with van der Waals surface area (Å²) < 4.78 is 18.3. The number of carbonyl (C=O) groups is 1. The molecule has 0 atom stereocenters. The van der Waals surface area contributed by atoms with Crippen LogP contribution in [0.2, 0.25) is 0 Å². The molecule has 0 heterocycles. The van der Waals surface area contributed by atoms with Crippen molar-refractivity contribution in [1.82, 2.24) is 5.32 Å². The zero-order chi connectivity index (χ0) is 14.1. The minimum atomic E-state index is -0.368. The summed E-state index contributed by atoms with van der Waals surface area (Å²) in [5, 5.41) is 5.57. The van der Waals surface area contributed by atoms with Crippen molar-refractivity contribution >= 4 is 11.6 Å². The number of hydrogen-bond donors (Lipinski definition) is 2. The van der Waals surface area contributed by atoms with E-state index in [9.17, 15) is 9.18 Å². The Bertz CT molecular complexity index is 397. The van der Waals surface area contributed by atoms with Crippen molar-refractivity contribution in [3.8, 4) is 0 Å². The number of carbonyl (C=O) groups excluding carboxylic acids is 1. The second-order valence-electron chi connectivity index (χ2n) is 4.70. The number of halogens is 1. The molecule has 1 aromatic carbocycles. The maximum atomic E-state index is 12.9. The fourth-order valence-electron chi connectivity index (χ4n) is 1.44. The second-order valence-corrected chi connectivity index (χ2v) is 4.70. The van der Waals surface area contributed by atoms with Crippen LogP contribution < -0.4 is 10.6 Å². The summed E-state index contributed by atoms with van der Waals surface area (Å²) in [6, 6.07) is 5.81. The highest BCUT2D eigenvalue weighted by Crippen LogP contribution is 2.08. The molecule has 0 saturated carbocycles. The van der Waals surface area contributed by atoms with Gasteiger partial charge in [0.2, 0.25) is 5.91 Å². The third kappa shape index (κ3) is 7.54. The molecule has 1 amide bonds. The Morgan fingerprint density at radius 1 is 1.42 bits per heavy atom. The summed E-state index contributed by atoms with van der Waals surface area (Å²) in [5.74, 6) is -0.0569. The van der Waals surface area contributed by atoms with Gasteiger partial charge in [0.15, 0.2) is 0 Å². The van der Waals surface area contributed by atoms with E-state index in [1.165, 1.54) is 12.1 Å². The van der Waals surface area contributed by atoms with E-state index in [1.54, 1.807) is 12.1 Å². The van der Waals surface area contributed by atoms with Gasteiger partial charge in [-0.1, -0.05) is 19.9 Å². The summed E-state index contributed by atoms with van der Waals surface area (Å²) >= 11 is 0. The fraction of sp³-hybridized carbons (Fsp3) is 0.500. The quantitative estimate of drug-likeness (QED) is 0.709. The van der Waals surface area contributed by atoms with Crippen LogP contribution in [-0.2, 0) is 9.53 Å². The van der Waals surface area contributed by atoms with Gasteiger partial charge in [0.25, 0.3) is 0 Å². The lowest BCUT2D eigenvalue weighted by Gasteiger charge is -2.08. The van der Waals surface area contributed by atoms with Crippen LogP contribution in [0.5, 0.6) is 0 Å². The van der Waals surface area contributed by atoms with Gasteiger partial charge in [0.05, 0.1) is 13.2 Å². The lowest BCUT2D eigenvalue weighted by molar-refractivity contribution is -0.115. The van der Waals surface area contributed by atoms with Crippen LogP contribution in [0.4, 0.5) is 10.1 Å². The molecule has 0 radical (unpaired) electrons. The molecule has 0 saturated heterocycles. The first kappa shape index (κ1) is 15.6. The number of benzene rings is 1. The molecule has 0 aliphatic carbocycles. The predicted octanol–water partition coefficient (Wildman–Crippen LogP) is 2.03. The van der Waals surface area contributed by atoms with E-state index in [0.29, 0.717) is 24.8 Å². The molecule has 1 aromatic rings. The van der Waals surface area contributed by atoms with E-state index in [4.69, 9.17) is 4.74 Å². The van der Waals surface area contributed by atoms with Gasteiger partial charge in [-0.2, -0.15) is 0 Å². The van der Waals surface area contributed by atoms with Gasteiger partial charge in [0, 0.05) is 18.8 Å². The predicted molar refractivity (Wildman–Crippen MR) is 73.6 cm³/mol. The number of anilines is 1. The van der Waals surface area contributed by atoms with Crippen LogP contribution in [0.1, 0.15) is 13.8 Å². The van der Waals surface area contributed by atoms with Gasteiger partial charge in [0.1, 0.15) is 5.82 Å². The Balaban J connectivity index is 2.11. The molecule has 5 heteroatoms. The summed E-state index contributed by atoms with van der Waals surface area (Å²) in [4.78, 5) is 11.5. The SMILES string of the molecule is CC(C)COCCNCC(=O)Nc1cccc(F)c1. The topological polar surface area (TPSA) is 50.4 Å². The van der Waals surface area contributed by atoms with Crippen LogP contribution in [-0.4, -0.2) is 32.2 Å². The van der Waals surface area contributed by atoms with Gasteiger partial charge in [-0.25, -0.2) is 4.39 Å². The Kier molecular flexibility index (Phi) is 7.07. The second kappa shape index (κ2) is 8.61. The maximum Gasteiger partial charge on any atom is 0.238 e. The van der Waals surface area contributed by atoms with Crippen molar-refractivity contribution in [3.05, 3.63) is 30.1 Å². The highest BCUT2D eigenvalue weighted by Gasteiger charge is 2.02. The lowest BCUT2D eigenvalue weighted by Crippen LogP contribution is -2.30. The van der Waals surface area contributed by atoms with E-state index in [0.717, 1.165) is 6.61 Å². The molecule has 0 unspecified atom stereocenters. The molecule has 106 valence electrons. The van der Waals surface area contributed by atoms with Gasteiger partial charge in [-0.3, -0.25) is 4.79 Å². The number of nitrogens with one attached hydrogen (secondary N) is 2. The number of rotatable bonds is 8. The Hall–Kier alpha value is -1.46. The van der Waals surface area contributed by atoms with Gasteiger partial charge >= 0.3 is 0 Å². The minimum Gasteiger partial charge on any atom is -0.380 e. The summed E-state index contributed by atoms with van der Waals surface area (Å²) in [7, 11) is 0. The fourth-order valence-corrected chi connectivity index (χ4v) is 1.44. The standard InChI is InChI=1S/C14H21FN2O2/c1-11(2)10-19-7-6-16-9-14(18)17-13-5-3-4-12(15)8-13/h3-5,8,11,16H,6-7,9-10H2,1-2H3,(H,17,18). The van der Waals surface area contributed by atoms with Crippen molar-refractivity contribution in [3.63, 3.8) is 0 Å². The monoisotopic (exact) mass is 268 g/mol. The Morgan fingerprint density at radius 3 is 2.89 bits per heavy atom. The highest BCUT2D eigenvalue weighted by atomic mass is 19.1. The molecular formula is C14H21FN2O2. The highest BCUT2D eigenvalue weighted by molar-refractivity contribution is 5.92. The average Bonchev–Trinajstić information content (AvgIpc) is 2.33. The van der Waals surface area contributed by atoms with Gasteiger partial charge < -0.3 is 15.4 Å². The molecule has 0 spiro atoms. The Labute approximate surface area is 113 Å². The van der Waals surface area contributed by atoms with Crippen molar-refractivity contribution in [1.29, 1.82) is 0 Å². The van der Waals surface area contributed by atoms with Crippen LogP contribution in [0.3, 0.4) is 0 Å². The summed E-state index contributed by atoms with van der Waals surface area (Å²) in [6.07, 6.45) is 0. The van der Waals surface area contributed by atoms with Crippen LogP contribution in [0, 0.1) is 11.7 Å². The van der Waals surface area contributed by atoms with Gasteiger partial charge in [-0.05, 0) is 24.1 Å². The van der Waals surface area contributed by atoms with E-state index < -0.39 is 0 Å². The smallest absolute Gasteiger partial charge is 0.238 e. The van der Waals surface area contributed by atoms with Gasteiger partial charge in [-0.15, -0.1) is 0 Å². The normalized spacial score (nSPS) is 10.7. The number of amides is 1. The first-order valence-corrected chi connectivity index (χ1v) is 6.42. The van der Waals surface area contributed by atoms with E-state index >= 15 is 0 Å². The molecule has 1 rings (SSSR count). The zero-order valence-corrected chi connectivity index (χ0v) is 11.4. The minimum absolute atomic E-state index is 0.182. The van der Waals surface area contributed by atoms with E-state index in [-0.39, 0.29) is 18.3 Å². The van der Waals surface area contributed by atoms with Crippen molar-refractivity contribution in [2.75, 3.05) is 31.6 Å². The molecule has 2 N–H and O–H groups in total.